The number of carbonyl (C=O) groups excluding carboxylic acids is 3. The van der Waals surface area contributed by atoms with E-state index in [0.717, 1.165) is 11.1 Å². The number of nitrogens with one attached hydrogen (secondary N) is 2. The first-order valence-corrected chi connectivity index (χ1v) is 9.51. The number of rotatable bonds is 5. The van der Waals surface area contributed by atoms with Crippen molar-refractivity contribution in [1.29, 1.82) is 0 Å². The molecule has 156 valence electrons. The highest BCUT2D eigenvalue weighted by atomic mass is 16.5. The van der Waals surface area contributed by atoms with Crippen LogP contribution in [0.4, 0.5) is 5.69 Å². The molecule has 0 saturated heterocycles. The van der Waals surface area contributed by atoms with Gasteiger partial charge in [0, 0.05) is 5.69 Å². The molecule has 0 spiro atoms. The minimum absolute atomic E-state index is 0.331. The van der Waals surface area contributed by atoms with Gasteiger partial charge in [-0.1, -0.05) is 47.5 Å². The van der Waals surface area contributed by atoms with E-state index in [0.29, 0.717) is 22.6 Å². The molecule has 0 aliphatic heterocycles. The molecule has 2 amide bonds. The zero-order valence-corrected chi connectivity index (χ0v) is 17.1. The summed E-state index contributed by atoms with van der Waals surface area (Å²) in [6.07, 6.45) is 1.35. The molecule has 3 rings (SSSR count). The quantitative estimate of drug-likeness (QED) is 0.219. The highest BCUT2D eigenvalue weighted by Gasteiger charge is 2.13. The summed E-state index contributed by atoms with van der Waals surface area (Å²) in [5, 5.41) is 6.27. The largest absolute Gasteiger partial charge is 0.423 e. The lowest BCUT2D eigenvalue weighted by Crippen LogP contribution is -2.32. The van der Waals surface area contributed by atoms with Crippen molar-refractivity contribution in [3.05, 3.63) is 95.1 Å². The Morgan fingerprint density at radius 1 is 0.839 bits per heavy atom. The minimum Gasteiger partial charge on any atom is -0.423 e. The van der Waals surface area contributed by atoms with E-state index in [2.05, 4.69) is 15.8 Å². The van der Waals surface area contributed by atoms with Crippen LogP contribution in [0.1, 0.15) is 27.0 Å². The maximum Gasteiger partial charge on any atom is 0.343 e. The van der Waals surface area contributed by atoms with Crippen molar-refractivity contribution < 1.29 is 19.1 Å². The summed E-state index contributed by atoms with van der Waals surface area (Å²) >= 11 is 0. The van der Waals surface area contributed by atoms with Gasteiger partial charge in [0.1, 0.15) is 5.75 Å². The molecule has 0 fully saturated rings. The average molecular weight is 415 g/mol. The van der Waals surface area contributed by atoms with Gasteiger partial charge in [-0.05, 0) is 55.8 Å². The Balaban J connectivity index is 1.55. The Morgan fingerprint density at radius 3 is 2.16 bits per heavy atom. The molecule has 31 heavy (non-hydrogen) atoms. The number of anilines is 1. The van der Waals surface area contributed by atoms with Gasteiger partial charge in [-0.2, -0.15) is 5.10 Å². The summed E-state index contributed by atoms with van der Waals surface area (Å²) in [6, 6.07) is 20.7. The molecule has 0 aliphatic rings. The summed E-state index contributed by atoms with van der Waals surface area (Å²) in [7, 11) is 0. The SMILES string of the molecule is Cc1ccc(NC(=O)C(=O)N/N=C/c2cccc(OC(=O)c3ccc(C)cc3)c2)cc1. The number of esters is 1. The van der Waals surface area contributed by atoms with Crippen LogP contribution in [0, 0.1) is 13.8 Å². The van der Waals surface area contributed by atoms with Crippen molar-refractivity contribution in [2.75, 3.05) is 5.32 Å². The third-order valence-corrected chi connectivity index (χ3v) is 4.25. The van der Waals surface area contributed by atoms with Crippen molar-refractivity contribution in [3.8, 4) is 5.75 Å². The number of amides is 2. The van der Waals surface area contributed by atoms with Crippen molar-refractivity contribution in [2.45, 2.75) is 13.8 Å². The standard InChI is InChI=1S/C24H21N3O4/c1-16-6-10-19(11-7-16)24(30)31-21-5-3-4-18(14-21)15-25-27-23(29)22(28)26-20-12-8-17(2)9-13-20/h3-15H,1-2H3,(H,26,28)(H,27,29)/b25-15+. The Bertz CT molecular complexity index is 1120. The normalized spacial score (nSPS) is 10.5. The number of hydrogen-bond acceptors (Lipinski definition) is 5. The van der Waals surface area contributed by atoms with E-state index in [9.17, 15) is 14.4 Å². The van der Waals surface area contributed by atoms with E-state index in [1.807, 2.05) is 38.1 Å². The number of nitrogens with zero attached hydrogens (tertiary/aromatic N) is 1. The van der Waals surface area contributed by atoms with Crippen molar-refractivity contribution in [1.82, 2.24) is 5.43 Å². The molecule has 0 atom stereocenters. The first kappa shape index (κ1) is 21.4. The molecule has 0 aromatic heterocycles. The Labute approximate surface area is 179 Å². The van der Waals surface area contributed by atoms with Crippen LogP contribution in [-0.4, -0.2) is 24.0 Å². The molecule has 0 saturated carbocycles. The van der Waals surface area contributed by atoms with Crippen LogP contribution in [0.2, 0.25) is 0 Å². The van der Waals surface area contributed by atoms with Crippen LogP contribution in [0.3, 0.4) is 0 Å². The third-order valence-electron chi connectivity index (χ3n) is 4.25. The van der Waals surface area contributed by atoms with Gasteiger partial charge in [-0.15, -0.1) is 0 Å². The smallest absolute Gasteiger partial charge is 0.343 e. The molecule has 2 N–H and O–H groups in total. The lowest BCUT2D eigenvalue weighted by molar-refractivity contribution is -0.136. The fourth-order valence-electron chi connectivity index (χ4n) is 2.55. The lowest BCUT2D eigenvalue weighted by Gasteiger charge is -2.05. The lowest BCUT2D eigenvalue weighted by atomic mass is 10.1. The van der Waals surface area contributed by atoms with Crippen LogP contribution >= 0.6 is 0 Å². The predicted octanol–water partition coefficient (Wildman–Crippen LogP) is 3.61. The number of benzene rings is 3. The Morgan fingerprint density at radius 2 is 1.48 bits per heavy atom. The molecule has 7 nitrogen and oxygen atoms in total. The van der Waals surface area contributed by atoms with Gasteiger partial charge < -0.3 is 10.1 Å². The fraction of sp³-hybridized carbons (Fsp3) is 0.0833. The van der Waals surface area contributed by atoms with E-state index in [-0.39, 0.29) is 0 Å². The highest BCUT2D eigenvalue weighted by molar-refractivity contribution is 6.39. The van der Waals surface area contributed by atoms with Crippen molar-refractivity contribution >= 4 is 29.7 Å². The molecular weight excluding hydrogens is 394 g/mol. The molecular formula is C24H21N3O4. The summed E-state index contributed by atoms with van der Waals surface area (Å²) in [4.78, 5) is 36.0. The van der Waals surface area contributed by atoms with Gasteiger partial charge in [0.15, 0.2) is 0 Å². The molecule has 3 aromatic carbocycles. The topological polar surface area (TPSA) is 96.9 Å². The van der Waals surface area contributed by atoms with E-state index in [1.54, 1.807) is 48.5 Å². The zero-order valence-electron chi connectivity index (χ0n) is 17.1. The number of carbonyl (C=O) groups is 3. The van der Waals surface area contributed by atoms with E-state index in [4.69, 9.17) is 4.74 Å². The van der Waals surface area contributed by atoms with Crippen LogP contribution < -0.4 is 15.5 Å². The maximum atomic E-state index is 12.2. The second kappa shape index (κ2) is 9.98. The molecule has 7 heteroatoms. The number of aryl methyl sites for hydroxylation is 2. The second-order valence-corrected chi connectivity index (χ2v) is 6.85. The number of hydrazone groups is 1. The fourth-order valence-corrected chi connectivity index (χ4v) is 2.55. The number of hydrogen-bond donors (Lipinski definition) is 2. The van der Waals surface area contributed by atoms with Gasteiger partial charge >= 0.3 is 17.8 Å². The van der Waals surface area contributed by atoms with Gasteiger partial charge in [0.2, 0.25) is 0 Å². The summed E-state index contributed by atoms with van der Waals surface area (Å²) in [6.45, 7) is 3.86. The van der Waals surface area contributed by atoms with Crippen molar-refractivity contribution in [2.24, 2.45) is 5.10 Å². The van der Waals surface area contributed by atoms with Crippen LogP contribution in [0.25, 0.3) is 0 Å². The van der Waals surface area contributed by atoms with Gasteiger partial charge in [-0.3, -0.25) is 9.59 Å². The van der Waals surface area contributed by atoms with E-state index < -0.39 is 17.8 Å². The number of ether oxygens (including phenoxy) is 1. The van der Waals surface area contributed by atoms with Gasteiger partial charge in [0.05, 0.1) is 11.8 Å². The second-order valence-electron chi connectivity index (χ2n) is 6.85. The molecule has 3 aromatic rings. The average Bonchev–Trinajstić information content (AvgIpc) is 2.76. The third kappa shape index (κ3) is 6.37. The first-order chi connectivity index (χ1) is 14.9. The zero-order chi connectivity index (χ0) is 22.2. The highest BCUT2D eigenvalue weighted by Crippen LogP contribution is 2.15. The van der Waals surface area contributed by atoms with Crippen LogP contribution in [0.5, 0.6) is 5.75 Å². The Kier molecular flexibility index (Phi) is 6.90. The monoisotopic (exact) mass is 415 g/mol. The molecule has 0 aliphatic carbocycles. The summed E-state index contributed by atoms with van der Waals surface area (Å²) in [5.74, 6) is -1.88. The van der Waals surface area contributed by atoms with Crippen LogP contribution in [-0.2, 0) is 9.59 Å². The van der Waals surface area contributed by atoms with Gasteiger partial charge in [-0.25, -0.2) is 10.2 Å². The predicted molar refractivity (Wildman–Crippen MR) is 118 cm³/mol. The molecule has 0 heterocycles. The van der Waals surface area contributed by atoms with Gasteiger partial charge in [0.25, 0.3) is 0 Å². The summed E-state index contributed by atoms with van der Waals surface area (Å²) in [5.41, 5.74) is 5.78. The van der Waals surface area contributed by atoms with Crippen molar-refractivity contribution in [3.63, 3.8) is 0 Å². The Hall–Kier alpha value is -4.26. The molecule has 0 unspecified atom stereocenters. The first-order valence-electron chi connectivity index (χ1n) is 9.51. The van der Waals surface area contributed by atoms with E-state index >= 15 is 0 Å². The summed E-state index contributed by atoms with van der Waals surface area (Å²) < 4.78 is 5.37. The molecule has 0 bridgehead atoms. The van der Waals surface area contributed by atoms with E-state index in [1.165, 1.54) is 6.21 Å². The minimum atomic E-state index is -0.904. The molecule has 0 radical (unpaired) electrons. The van der Waals surface area contributed by atoms with Crippen LogP contribution in [0.15, 0.2) is 77.9 Å². The maximum absolute atomic E-state index is 12.2.